The molecule has 0 atom stereocenters. The second-order valence-corrected chi connectivity index (χ2v) is 5.89. The Balaban J connectivity index is 1.81. The summed E-state index contributed by atoms with van der Waals surface area (Å²) in [5, 5.41) is 14.5. The van der Waals surface area contributed by atoms with Crippen LogP contribution in [0.1, 0.15) is 21.5 Å². The number of nitrogens with zero attached hydrogens (tertiary/aromatic N) is 1. The molecule has 3 aromatic carbocycles. The van der Waals surface area contributed by atoms with Crippen molar-refractivity contribution in [1.29, 1.82) is 0 Å². The summed E-state index contributed by atoms with van der Waals surface area (Å²) in [5.74, 6) is 0.494. The van der Waals surface area contributed by atoms with E-state index in [4.69, 9.17) is 4.74 Å². The number of carbonyl (C=O) groups is 1. The van der Waals surface area contributed by atoms with Gasteiger partial charge in [0, 0.05) is 23.7 Å². The summed E-state index contributed by atoms with van der Waals surface area (Å²) in [5.41, 5.74) is 1.95. The van der Waals surface area contributed by atoms with Crippen LogP contribution in [0.25, 0.3) is 0 Å². The molecule has 0 amide bonds. The lowest BCUT2D eigenvalue weighted by Crippen LogP contribution is -2.06. The number of ketones is 1. The van der Waals surface area contributed by atoms with Crippen molar-refractivity contribution in [2.24, 2.45) is 0 Å². The van der Waals surface area contributed by atoms with E-state index in [-0.39, 0.29) is 17.0 Å². The third-order valence-electron chi connectivity index (χ3n) is 4.13. The van der Waals surface area contributed by atoms with Crippen LogP contribution < -0.4 is 10.1 Å². The van der Waals surface area contributed by atoms with Gasteiger partial charge >= 0.3 is 0 Å². The first kappa shape index (κ1) is 18.1. The molecular weight excluding hydrogens is 344 g/mol. The largest absolute Gasteiger partial charge is 0.497 e. The van der Waals surface area contributed by atoms with E-state index in [0.29, 0.717) is 17.8 Å². The number of nitro benzene ring substituents is 1. The predicted molar refractivity (Wildman–Crippen MR) is 103 cm³/mol. The molecule has 0 aromatic heterocycles. The molecule has 136 valence electrons. The number of hydrogen-bond donors (Lipinski definition) is 1. The van der Waals surface area contributed by atoms with E-state index in [1.54, 1.807) is 43.5 Å². The molecular formula is C21H18N2O4. The van der Waals surface area contributed by atoms with Crippen LogP contribution in [-0.4, -0.2) is 17.8 Å². The van der Waals surface area contributed by atoms with Gasteiger partial charge in [-0.2, -0.15) is 0 Å². The topological polar surface area (TPSA) is 81.5 Å². The van der Waals surface area contributed by atoms with Crippen LogP contribution in [0, 0.1) is 10.1 Å². The highest BCUT2D eigenvalue weighted by molar-refractivity contribution is 6.09. The zero-order valence-corrected chi connectivity index (χ0v) is 14.7. The van der Waals surface area contributed by atoms with Gasteiger partial charge in [-0.1, -0.05) is 42.5 Å². The van der Waals surface area contributed by atoms with Crippen molar-refractivity contribution < 1.29 is 14.5 Å². The minimum absolute atomic E-state index is 0.134. The fourth-order valence-corrected chi connectivity index (χ4v) is 2.67. The Bertz CT molecular complexity index is 954. The molecule has 0 bridgehead atoms. The minimum atomic E-state index is -0.488. The van der Waals surface area contributed by atoms with E-state index in [9.17, 15) is 14.9 Å². The maximum atomic E-state index is 12.5. The van der Waals surface area contributed by atoms with Gasteiger partial charge in [-0.15, -0.1) is 0 Å². The number of ether oxygens (including phenoxy) is 1. The smallest absolute Gasteiger partial charge is 0.293 e. The second kappa shape index (κ2) is 8.14. The van der Waals surface area contributed by atoms with Crippen LogP contribution in [-0.2, 0) is 6.54 Å². The summed E-state index contributed by atoms with van der Waals surface area (Å²) in [6.07, 6.45) is 0. The second-order valence-electron chi connectivity index (χ2n) is 5.89. The normalized spacial score (nSPS) is 10.3. The monoisotopic (exact) mass is 362 g/mol. The number of nitrogens with one attached hydrogen (secondary N) is 1. The van der Waals surface area contributed by atoms with Crippen LogP contribution in [0.3, 0.4) is 0 Å². The summed E-state index contributed by atoms with van der Waals surface area (Å²) < 4.78 is 5.11. The molecule has 0 aliphatic heterocycles. The molecule has 0 saturated carbocycles. The van der Waals surface area contributed by atoms with Crippen LogP contribution in [0.5, 0.6) is 5.75 Å². The Morgan fingerprint density at radius 1 is 1.00 bits per heavy atom. The molecule has 0 radical (unpaired) electrons. The van der Waals surface area contributed by atoms with Crippen LogP contribution in [0.2, 0.25) is 0 Å². The first-order valence-corrected chi connectivity index (χ1v) is 8.33. The number of nitro groups is 1. The van der Waals surface area contributed by atoms with Crippen molar-refractivity contribution in [3.8, 4) is 5.75 Å². The number of hydrogen-bond acceptors (Lipinski definition) is 5. The third kappa shape index (κ3) is 4.30. The highest BCUT2D eigenvalue weighted by atomic mass is 16.6. The first-order chi connectivity index (χ1) is 13.1. The summed E-state index contributed by atoms with van der Waals surface area (Å²) in [6.45, 7) is 0.414. The summed E-state index contributed by atoms with van der Waals surface area (Å²) in [7, 11) is 1.59. The lowest BCUT2D eigenvalue weighted by Gasteiger charge is -2.09. The van der Waals surface area contributed by atoms with E-state index in [0.717, 1.165) is 11.3 Å². The quantitative estimate of drug-likeness (QED) is 0.382. The molecule has 0 saturated heterocycles. The van der Waals surface area contributed by atoms with Crippen molar-refractivity contribution >= 4 is 17.2 Å². The van der Waals surface area contributed by atoms with Crippen molar-refractivity contribution in [1.82, 2.24) is 0 Å². The molecule has 0 heterocycles. The Hall–Kier alpha value is -3.67. The maximum Gasteiger partial charge on any atom is 0.293 e. The molecule has 0 spiro atoms. The molecule has 0 fully saturated rings. The van der Waals surface area contributed by atoms with E-state index in [1.165, 1.54) is 6.07 Å². The van der Waals surface area contributed by atoms with Crippen molar-refractivity contribution in [2.45, 2.75) is 6.54 Å². The SMILES string of the molecule is COc1ccc(CNc2ccc(C(=O)c3ccccc3)cc2[N+](=O)[O-])cc1. The average molecular weight is 362 g/mol. The molecule has 6 nitrogen and oxygen atoms in total. The molecule has 6 heteroatoms. The van der Waals surface area contributed by atoms with Gasteiger partial charge in [-0.3, -0.25) is 14.9 Å². The molecule has 0 aliphatic carbocycles. The van der Waals surface area contributed by atoms with E-state index < -0.39 is 4.92 Å². The lowest BCUT2D eigenvalue weighted by molar-refractivity contribution is -0.384. The Kier molecular flexibility index (Phi) is 5.47. The zero-order valence-electron chi connectivity index (χ0n) is 14.7. The zero-order chi connectivity index (χ0) is 19.2. The Morgan fingerprint density at radius 3 is 2.33 bits per heavy atom. The third-order valence-corrected chi connectivity index (χ3v) is 4.13. The summed E-state index contributed by atoms with van der Waals surface area (Å²) in [6, 6.07) is 20.6. The van der Waals surface area contributed by atoms with Crippen LogP contribution >= 0.6 is 0 Å². The number of methoxy groups -OCH3 is 1. The highest BCUT2D eigenvalue weighted by Gasteiger charge is 2.18. The Labute approximate surface area is 156 Å². The predicted octanol–water partition coefficient (Wildman–Crippen LogP) is 4.45. The molecule has 3 rings (SSSR count). The van der Waals surface area contributed by atoms with E-state index >= 15 is 0 Å². The van der Waals surface area contributed by atoms with Gasteiger partial charge in [0.05, 0.1) is 12.0 Å². The van der Waals surface area contributed by atoms with Crippen molar-refractivity contribution in [3.63, 3.8) is 0 Å². The number of benzene rings is 3. The van der Waals surface area contributed by atoms with Gasteiger partial charge in [-0.05, 0) is 29.8 Å². The fraction of sp³-hybridized carbons (Fsp3) is 0.0952. The average Bonchev–Trinajstić information content (AvgIpc) is 2.72. The van der Waals surface area contributed by atoms with E-state index in [2.05, 4.69) is 5.32 Å². The van der Waals surface area contributed by atoms with Crippen molar-refractivity contribution in [3.05, 3.63) is 99.6 Å². The van der Waals surface area contributed by atoms with E-state index in [1.807, 2.05) is 30.3 Å². The summed E-state index contributed by atoms with van der Waals surface area (Å²) >= 11 is 0. The van der Waals surface area contributed by atoms with Gasteiger partial charge in [0.2, 0.25) is 0 Å². The number of rotatable bonds is 7. The van der Waals surface area contributed by atoms with Gasteiger partial charge in [0.25, 0.3) is 5.69 Å². The molecule has 0 unspecified atom stereocenters. The molecule has 0 aliphatic rings. The van der Waals surface area contributed by atoms with Gasteiger partial charge in [-0.25, -0.2) is 0 Å². The molecule has 1 N–H and O–H groups in total. The maximum absolute atomic E-state index is 12.5. The number of anilines is 1. The number of carbonyl (C=O) groups excluding carboxylic acids is 1. The fourth-order valence-electron chi connectivity index (χ4n) is 2.67. The molecule has 3 aromatic rings. The van der Waals surface area contributed by atoms with Gasteiger partial charge < -0.3 is 10.1 Å². The summed E-state index contributed by atoms with van der Waals surface area (Å²) in [4.78, 5) is 23.5. The van der Waals surface area contributed by atoms with Crippen LogP contribution in [0.15, 0.2) is 72.8 Å². The van der Waals surface area contributed by atoms with Crippen molar-refractivity contribution in [2.75, 3.05) is 12.4 Å². The first-order valence-electron chi connectivity index (χ1n) is 8.33. The lowest BCUT2D eigenvalue weighted by atomic mass is 10.0. The van der Waals surface area contributed by atoms with Gasteiger partial charge in [0.1, 0.15) is 11.4 Å². The minimum Gasteiger partial charge on any atom is -0.497 e. The molecule has 27 heavy (non-hydrogen) atoms. The Morgan fingerprint density at radius 2 is 1.70 bits per heavy atom. The highest BCUT2D eigenvalue weighted by Crippen LogP contribution is 2.27. The van der Waals surface area contributed by atoms with Crippen LogP contribution in [0.4, 0.5) is 11.4 Å². The standard InChI is InChI=1S/C21H18N2O4/c1-27-18-10-7-15(8-11-18)14-22-19-12-9-17(13-20(19)23(25)26)21(24)16-5-3-2-4-6-16/h2-13,22H,14H2,1H3. The van der Waals surface area contributed by atoms with Gasteiger partial charge in [0.15, 0.2) is 5.78 Å².